The van der Waals surface area contributed by atoms with Crippen LogP contribution in [-0.2, 0) is 17.5 Å². The predicted octanol–water partition coefficient (Wildman–Crippen LogP) is 5.21. The molecule has 0 radical (unpaired) electrons. The van der Waals surface area contributed by atoms with Gasteiger partial charge in [0.25, 0.3) is 0 Å². The summed E-state index contributed by atoms with van der Waals surface area (Å²) in [5.74, 6) is -0.685. The van der Waals surface area contributed by atoms with Crippen LogP contribution in [-0.4, -0.2) is 29.8 Å². The number of nitrogens with zero attached hydrogens (tertiary/aromatic N) is 3. The van der Waals surface area contributed by atoms with E-state index in [9.17, 15) is 13.2 Å². The number of halogens is 3. The quantitative estimate of drug-likeness (QED) is 0.440. The van der Waals surface area contributed by atoms with E-state index in [2.05, 4.69) is 4.98 Å². The second-order valence-corrected chi connectivity index (χ2v) is 8.63. The standard InChI is InChI=1S/C21H23F3N4OS/c1-27(30-17-5-2-15(25)3-6-17)16-4-7-19-18(12-16)26-20(21(22,23)24)28(19)13-14-8-10-29-11-9-14/h2-7,12,14H,8-11,13,25H2,1H3. The molecule has 0 spiro atoms. The molecule has 9 heteroatoms. The summed E-state index contributed by atoms with van der Waals surface area (Å²) in [6, 6.07) is 12.7. The fourth-order valence-electron chi connectivity index (χ4n) is 3.64. The Morgan fingerprint density at radius 1 is 1.17 bits per heavy atom. The highest BCUT2D eigenvalue weighted by Gasteiger charge is 2.38. The Morgan fingerprint density at radius 3 is 2.53 bits per heavy atom. The first-order valence-electron chi connectivity index (χ1n) is 9.74. The number of benzene rings is 2. The molecular weight excluding hydrogens is 413 g/mol. The highest BCUT2D eigenvalue weighted by molar-refractivity contribution is 8.00. The third-order valence-electron chi connectivity index (χ3n) is 5.25. The van der Waals surface area contributed by atoms with Gasteiger partial charge in [0.05, 0.1) is 11.0 Å². The normalized spacial score (nSPS) is 15.6. The van der Waals surface area contributed by atoms with E-state index in [1.165, 1.54) is 16.5 Å². The molecule has 0 saturated carbocycles. The molecule has 1 fully saturated rings. The van der Waals surface area contributed by atoms with Crippen LogP contribution in [0.2, 0.25) is 0 Å². The monoisotopic (exact) mass is 436 g/mol. The van der Waals surface area contributed by atoms with E-state index in [0.717, 1.165) is 23.4 Å². The second-order valence-electron chi connectivity index (χ2n) is 7.43. The first-order valence-corrected chi connectivity index (χ1v) is 10.5. The van der Waals surface area contributed by atoms with Gasteiger partial charge in [-0.3, -0.25) is 0 Å². The summed E-state index contributed by atoms with van der Waals surface area (Å²) in [5, 5.41) is 0. The van der Waals surface area contributed by atoms with Crippen LogP contribution >= 0.6 is 11.9 Å². The molecule has 0 unspecified atom stereocenters. The van der Waals surface area contributed by atoms with Crippen molar-refractivity contribution in [2.24, 2.45) is 5.92 Å². The zero-order valence-corrected chi connectivity index (χ0v) is 17.3. The smallest absolute Gasteiger partial charge is 0.399 e. The largest absolute Gasteiger partial charge is 0.449 e. The highest BCUT2D eigenvalue weighted by Crippen LogP contribution is 2.35. The van der Waals surface area contributed by atoms with E-state index in [1.807, 2.05) is 41.7 Å². The lowest BCUT2D eigenvalue weighted by atomic mass is 10.0. The molecule has 0 aliphatic carbocycles. The molecule has 0 amide bonds. The summed E-state index contributed by atoms with van der Waals surface area (Å²) in [6.07, 6.45) is -2.99. The number of alkyl halides is 3. The number of rotatable bonds is 5. The molecule has 1 aromatic heterocycles. The number of nitrogens with two attached hydrogens (primary N) is 1. The molecule has 1 saturated heterocycles. The first-order chi connectivity index (χ1) is 14.3. The van der Waals surface area contributed by atoms with Gasteiger partial charge in [0.2, 0.25) is 5.82 Å². The van der Waals surface area contributed by atoms with Gasteiger partial charge in [-0.1, -0.05) is 0 Å². The summed E-state index contributed by atoms with van der Waals surface area (Å²) in [5.41, 5.74) is 8.02. The third kappa shape index (κ3) is 4.52. The van der Waals surface area contributed by atoms with Crippen molar-refractivity contribution in [2.45, 2.75) is 30.5 Å². The lowest BCUT2D eigenvalue weighted by Gasteiger charge is -2.24. The second kappa shape index (κ2) is 8.39. The fraction of sp³-hybridized carbons (Fsp3) is 0.381. The Balaban J connectivity index is 1.64. The minimum Gasteiger partial charge on any atom is -0.399 e. The summed E-state index contributed by atoms with van der Waals surface area (Å²) in [7, 11) is 1.87. The Labute approximate surface area is 177 Å². The number of fused-ring (bicyclic) bond motifs is 1. The summed E-state index contributed by atoms with van der Waals surface area (Å²) in [6.45, 7) is 1.48. The van der Waals surface area contributed by atoms with Crippen molar-refractivity contribution in [3.8, 4) is 0 Å². The number of hydrogen-bond donors (Lipinski definition) is 1. The average Bonchev–Trinajstić information content (AvgIpc) is 3.08. The maximum Gasteiger partial charge on any atom is 0.449 e. The molecular formula is C21H23F3N4OS. The van der Waals surface area contributed by atoms with Gasteiger partial charge < -0.3 is 19.3 Å². The van der Waals surface area contributed by atoms with Crippen LogP contribution in [0.3, 0.4) is 0 Å². The van der Waals surface area contributed by atoms with E-state index in [4.69, 9.17) is 10.5 Å². The van der Waals surface area contributed by atoms with E-state index in [0.29, 0.717) is 36.5 Å². The SMILES string of the molecule is CN(Sc1ccc(N)cc1)c1ccc2c(c1)nc(C(F)(F)F)n2CC1CCOCC1. The van der Waals surface area contributed by atoms with Gasteiger partial charge in [0.15, 0.2) is 0 Å². The van der Waals surface area contributed by atoms with E-state index in [1.54, 1.807) is 12.1 Å². The number of imidazole rings is 1. The van der Waals surface area contributed by atoms with Gasteiger partial charge in [0.1, 0.15) is 0 Å². The van der Waals surface area contributed by atoms with Crippen molar-refractivity contribution in [3.63, 3.8) is 0 Å². The molecule has 3 aromatic rings. The topological polar surface area (TPSA) is 56.3 Å². The van der Waals surface area contributed by atoms with E-state index < -0.39 is 12.0 Å². The average molecular weight is 437 g/mol. The van der Waals surface area contributed by atoms with Gasteiger partial charge >= 0.3 is 6.18 Å². The lowest BCUT2D eigenvalue weighted by molar-refractivity contribution is -0.147. The molecule has 2 aromatic carbocycles. The van der Waals surface area contributed by atoms with Crippen molar-refractivity contribution in [1.82, 2.24) is 9.55 Å². The summed E-state index contributed by atoms with van der Waals surface area (Å²) < 4.78 is 49.6. The maximum absolute atomic E-state index is 13.7. The van der Waals surface area contributed by atoms with Gasteiger partial charge in [-0.05, 0) is 73.2 Å². The predicted molar refractivity (Wildman–Crippen MR) is 113 cm³/mol. The molecule has 2 heterocycles. The molecule has 5 nitrogen and oxygen atoms in total. The van der Waals surface area contributed by atoms with Crippen LogP contribution in [0.5, 0.6) is 0 Å². The number of anilines is 2. The van der Waals surface area contributed by atoms with Crippen molar-refractivity contribution < 1.29 is 17.9 Å². The maximum atomic E-state index is 13.7. The van der Waals surface area contributed by atoms with Crippen LogP contribution < -0.4 is 10.0 Å². The summed E-state index contributed by atoms with van der Waals surface area (Å²) >= 11 is 1.47. The number of aromatic nitrogens is 2. The van der Waals surface area contributed by atoms with Crippen LogP contribution in [0.15, 0.2) is 47.4 Å². The molecule has 1 aliphatic heterocycles. The molecule has 160 valence electrons. The van der Waals surface area contributed by atoms with E-state index >= 15 is 0 Å². The van der Waals surface area contributed by atoms with Gasteiger partial charge in [-0.2, -0.15) is 13.2 Å². The fourth-order valence-corrected chi connectivity index (χ4v) is 4.43. The summed E-state index contributed by atoms with van der Waals surface area (Å²) in [4.78, 5) is 4.94. The molecule has 0 atom stereocenters. The van der Waals surface area contributed by atoms with Crippen molar-refractivity contribution >= 4 is 34.4 Å². The Hall–Kier alpha value is -2.39. The molecule has 4 rings (SSSR count). The van der Waals surface area contributed by atoms with Gasteiger partial charge in [-0.25, -0.2) is 4.98 Å². The first kappa shape index (κ1) is 20.9. The molecule has 30 heavy (non-hydrogen) atoms. The van der Waals surface area contributed by atoms with Crippen molar-refractivity contribution in [3.05, 3.63) is 48.3 Å². The van der Waals surface area contributed by atoms with Crippen LogP contribution in [0, 0.1) is 5.92 Å². The third-order valence-corrected chi connectivity index (χ3v) is 6.22. The Bertz CT molecular complexity index is 1010. The van der Waals surface area contributed by atoms with Gasteiger partial charge in [0, 0.05) is 43.1 Å². The van der Waals surface area contributed by atoms with Gasteiger partial charge in [-0.15, -0.1) is 0 Å². The van der Waals surface area contributed by atoms with Crippen LogP contribution in [0.1, 0.15) is 18.7 Å². The van der Waals surface area contributed by atoms with Crippen LogP contribution in [0.25, 0.3) is 11.0 Å². The minimum atomic E-state index is -4.50. The Morgan fingerprint density at radius 2 is 1.87 bits per heavy atom. The minimum absolute atomic E-state index is 0.153. The molecule has 1 aliphatic rings. The van der Waals surface area contributed by atoms with Crippen molar-refractivity contribution in [1.29, 1.82) is 0 Å². The zero-order valence-electron chi connectivity index (χ0n) is 16.5. The Kier molecular flexibility index (Phi) is 5.84. The molecule has 0 bridgehead atoms. The highest BCUT2D eigenvalue weighted by atomic mass is 32.2. The zero-order chi connectivity index (χ0) is 21.3. The number of hydrogen-bond acceptors (Lipinski definition) is 5. The van der Waals surface area contributed by atoms with E-state index in [-0.39, 0.29) is 5.92 Å². The number of nitrogen functional groups attached to an aromatic ring is 1. The van der Waals surface area contributed by atoms with Crippen LogP contribution in [0.4, 0.5) is 24.5 Å². The molecule has 2 N–H and O–H groups in total. The lowest BCUT2D eigenvalue weighted by Crippen LogP contribution is -2.23. The van der Waals surface area contributed by atoms with Crippen molar-refractivity contribution in [2.75, 3.05) is 30.3 Å². The number of ether oxygens (including phenoxy) is 1.